The Balaban J connectivity index is 4.81. The predicted octanol–water partition coefficient (Wildman–Crippen LogP) is 7.48. The minimum absolute atomic E-state index is 1.37. The summed E-state index contributed by atoms with van der Waals surface area (Å²) in [6.07, 6.45) is 19.2. The average Bonchev–Trinajstić information content (AvgIpc) is 2.42. The summed E-state index contributed by atoms with van der Waals surface area (Å²) in [6.45, 7) is 9.43. The maximum absolute atomic E-state index is 3.05. The second kappa shape index (κ2) is 10.8. The summed E-state index contributed by atoms with van der Waals surface area (Å²) in [7, 11) is 0. The molecule has 0 aliphatic heterocycles. The second-order valence-electron chi connectivity index (χ2n) is 6.48. The van der Waals surface area contributed by atoms with Crippen molar-refractivity contribution in [1.82, 2.24) is 0 Å². The number of halogens is 1. The van der Waals surface area contributed by atoms with Gasteiger partial charge in [-0.25, -0.2) is 0 Å². The van der Waals surface area contributed by atoms with Crippen molar-refractivity contribution in [1.29, 1.82) is 0 Å². The van der Waals surface area contributed by atoms with Crippen LogP contribution < -0.4 is 0 Å². The molecule has 0 heterocycles. The van der Waals surface area contributed by atoms with E-state index in [2.05, 4.69) is 49.7 Å². The normalized spacial score (nSPS) is 14.3. The van der Waals surface area contributed by atoms with E-state index in [9.17, 15) is 0 Å². The zero-order valence-corrected chi connectivity index (χ0v) is 17.1. The molecular formula is C17H38IP. The van der Waals surface area contributed by atoms with Crippen molar-refractivity contribution >= 4 is 26.3 Å². The monoisotopic (exact) mass is 400 g/mol. The first-order valence-electron chi connectivity index (χ1n) is 8.76. The van der Waals surface area contributed by atoms with Crippen molar-refractivity contribution in [2.45, 2.75) is 85.5 Å². The van der Waals surface area contributed by atoms with E-state index >= 15 is 0 Å². The van der Waals surface area contributed by atoms with Crippen LogP contribution in [0.15, 0.2) is 0 Å². The number of hydrogen-bond donors (Lipinski definition) is 0. The van der Waals surface area contributed by atoms with Gasteiger partial charge in [-0.3, -0.25) is 0 Å². The summed E-state index contributed by atoms with van der Waals surface area (Å²) >= 11 is 3.05. The zero-order chi connectivity index (χ0) is 14.6. The third-order valence-corrected chi connectivity index (χ3v) is 16.1. The van der Waals surface area contributed by atoms with Gasteiger partial charge in [0.2, 0.25) is 0 Å². The van der Waals surface area contributed by atoms with Crippen molar-refractivity contribution in [3.05, 3.63) is 0 Å². The molecule has 0 atom stereocenters. The maximum atomic E-state index is 3.05. The molecule has 0 unspecified atom stereocenters. The van der Waals surface area contributed by atoms with Gasteiger partial charge in [-0.15, -0.1) is 0 Å². The molecule has 0 aromatic heterocycles. The van der Waals surface area contributed by atoms with Crippen LogP contribution in [0.5, 0.6) is 0 Å². The molecule has 0 bridgehead atoms. The fourth-order valence-corrected chi connectivity index (χ4v) is 12.9. The first-order valence-corrected chi connectivity index (χ1v) is 14.5. The van der Waals surface area contributed by atoms with Crippen molar-refractivity contribution in [3.63, 3.8) is 0 Å². The van der Waals surface area contributed by atoms with E-state index in [1.165, 1.54) is 57.8 Å². The molecule has 0 N–H and O–H groups in total. The summed E-state index contributed by atoms with van der Waals surface area (Å²) in [5, 5.41) is 0. The molecule has 0 aliphatic carbocycles. The van der Waals surface area contributed by atoms with Gasteiger partial charge in [0.05, 0.1) is 0 Å². The molecule has 19 heavy (non-hydrogen) atoms. The fourth-order valence-electron chi connectivity index (χ4n) is 3.09. The van der Waals surface area contributed by atoms with Crippen LogP contribution in [-0.2, 0) is 0 Å². The average molecular weight is 400 g/mol. The third-order valence-electron chi connectivity index (χ3n) is 4.53. The number of hydrogen-bond acceptors (Lipinski definition) is 0. The van der Waals surface area contributed by atoms with Gasteiger partial charge in [-0.1, -0.05) is 0 Å². The Morgan fingerprint density at radius 3 is 1.16 bits per heavy atom. The predicted molar refractivity (Wildman–Crippen MR) is 105 cm³/mol. The number of unbranched alkanes of at least 4 members (excludes halogenated alkanes) is 5. The van der Waals surface area contributed by atoms with E-state index in [0.717, 1.165) is 0 Å². The Bertz CT molecular complexity index is 191. The molecule has 0 aromatic rings. The molecule has 0 amide bonds. The van der Waals surface area contributed by atoms with E-state index in [1.54, 1.807) is 24.6 Å². The first kappa shape index (κ1) is 20.2. The van der Waals surface area contributed by atoms with Gasteiger partial charge in [0, 0.05) is 0 Å². The van der Waals surface area contributed by atoms with Gasteiger partial charge in [-0.2, -0.15) is 0 Å². The van der Waals surface area contributed by atoms with Gasteiger partial charge in [0.15, 0.2) is 0 Å². The zero-order valence-electron chi connectivity index (χ0n) is 14.0. The van der Waals surface area contributed by atoms with Crippen LogP contribution in [0.25, 0.3) is 0 Å². The van der Waals surface area contributed by atoms with Crippen molar-refractivity contribution in [3.8, 4) is 0 Å². The molecular weight excluding hydrogens is 362 g/mol. The SMILES string of the molecule is CCCCCP(I)(CCCC)(CCCC)CCCC. The Kier molecular flexibility index (Phi) is 11.5. The molecule has 0 radical (unpaired) electrons. The van der Waals surface area contributed by atoms with Crippen molar-refractivity contribution in [2.24, 2.45) is 0 Å². The summed E-state index contributed by atoms with van der Waals surface area (Å²) in [4.78, 5) is 0. The topological polar surface area (TPSA) is 0 Å². The van der Waals surface area contributed by atoms with Crippen LogP contribution in [0.4, 0.5) is 0 Å². The minimum atomic E-state index is -1.41. The van der Waals surface area contributed by atoms with E-state index < -0.39 is 4.25 Å². The van der Waals surface area contributed by atoms with Crippen LogP contribution in [0.3, 0.4) is 0 Å². The number of rotatable bonds is 13. The van der Waals surface area contributed by atoms with Crippen LogP contribution in [0, 0.1) is 0 Å². The summed E-state index contributed by atoms with van der Waals surface area (Å²) < 4.78 is -1.41. The second-order valence-corrected chi connectivity index (χ2v) is 20.1. The molecule has 0 fully saturated rings. The Labute approximate surface area is 136 Å². The summed E-state index contributed by atoms with van der Waals surface area (Å²) in [6, 6.07) is 0. The van der Waals surface area contributed by atoms with Gasteiger partial charge < -0.3 is 0 Å². The standard InChI is InChI=1S/C17H38IP/c1-5-9-13-17-19(18,14-10-6-2,15-11-7-3)16-12-8-4/h5-17H2,1-4H3. The Morgan fingerprint density at radius 1 is 0.526 bits per heavy atom. The van der Waals surface area contributed by atoms with E-state index in [-0.39, 0.29) is 0 Å². The third kappa shape index (κ3) is 8.24. The molecule has 0 spiro atoms. The molecule has 0 aromatic carbocycles. The Morgan fingerprint density at radius 2 is 0.842 bits per heavy atom. The van der Waals surface area contributed by atoms with Gasteiger partial charge in [0.1, 0.15) is 0 Å². The van der Waals surface area contributed by atoms with Gasteiger partial charge in [0.25, 0.3) is 0 Å². The summed E-state index contributed by atoms with van der Waals surface area (Å²) in [5.41, 5.74) is 0. The Hall–Kier alpha value is 1.16. The molecule has 2 heteroatoms. The molecule has 0 saturated carbocycles. The van der Waals surface area contributed by atoms with E-state index in [0.29, 0.717) is 0 Å². The molecule has 118 valence electrons. The molecule has 0 aliphatic rings. The van der Waals surface area contributed by atoms with E-state index in [4.69, 9.17) is 0 Å². The van der Waals surface area contributed by atoms with Crippen LogP contribution >= 0.6 is 26.3 Å². The van der Waals surface area contributed by atoms with Crippen LogP contribution in [0.1, 0.15) is 85.5 Å². The van der Waals surface area contributed by atoms with Crippen molar-refractivity contribution < 1.29 is 0 Å². The van der Waals surface area contributed by atoms with Crippen LogP contribution in [0.2, 0.25) is 0 Å². The first-order chi connectivity index (χ1) is 9.04. The fraction of sp³-hybridized carbons (Fsp3) is 1.00. The van der Waals surface area contributed by atoms with Gasteiger partial charge in [-0.05, 0) is 0 Å². The van der Waals surface area contributed by atoms with Crippen LogP contribution in [-0.4, -0.2) is 24.6 Å². The molecule has 0 rings (SSSR count). The summed E-state index contributed by atoms with van der Waals surface area (Å²) in [5.74, 6) is 0. The molecule has 0 saturated heterocycles. The van der Waals surface area contributed by atoms with E-state index in [1.807, 2.05) is 0 Å². The van der Waals surface area contributed by atoms with Crippen molar-refractivity contribution in [2.75, 3.05) is 24.6 Å². The van der Waals surface area contributed by atoms with Gasteiger partial charge >= 0.3 is 136 Å². The quantitative estimate of drug-likeness (QED) is 0.171. The molecule has 0 nitrogen and oxygen atoms in total.